The first-order valence-corrected chi connectivity index (χ1v) is 8.05. The average molecular weight is 374 g/mol. The molecule has 108 valence electrons. The van der Waals surface area contributed by atoms with Crippen molar-refractivity contribution >= 4 is 48.1 Å². The van der Waals surface area contributed by atoms with Crippen LogP contribution in [0.2, 0.25) is 0 Å². The average Bonchev–Trinajstić information content (AvgIpc) is 3.04. The third-order valence-corrected chi connectivity index (χ3v) is 4.94. The van der Waals surface area contributed by atoms with E-state index in [1.54, 1.807) is 23.5 Å². The van der Waals surface area contributed by atoms with Crippen LogP contribution in [-0.2, 0) is 0 Å². The molecule has 0 aliphatic carbocycles. The van der Waals surface area contributed by atoms with Gasteiger partial charge >= 0.3 is 0 Å². The molecule has 2 aromatic carbocycles. The number of rotatable bonds is 2. The van der Waals surface area contributed by atoms with Gasteiger partial charge in [0.15, 0.2) is 4.96 Å². The molecule has 0 unspecified atom stereocenters. The SMILES string of the molecule is O=[N+]([O-])c1ccc(-c2cn3c(n2)sc2cc(Br)ccc23)cc1. The minimum atomic E-state index is -0.402. The molecular weight excluding hydrogens is 366 g/mol. The molecule has 0 bridgehead atoms. The summed E-state index contributed by atoms with van der Waals surface area (Å²) >= 11 is 5.08. The Bertz CT molecular complexity index is 1020. The van der Waals surface area contributed by atoms with Gasteiger partial charge in [-0.25, -0.2) is 4.98 Å². The standard InChI is InChI=1S/C15H8BrN3O2S/c16-10-3-6-13-14(7-10)22-15-17-12(8-18(13)15)9-1-4-11(5-2-9)19(20)21/h1-8H. The second-order valence-electron chi connectivity index (χ2n) is 4.80. The summed E-state index contributed by atoms with van der Waals surface area (Å²) in [6.45, 7) is 0. The van der Waals surface area contributed by atoms with E-state index < -0.39 is 4.92 Å². The van der Waals surface area contributed by atoms with Crippen molar-refractivity contribution < 1.29 is 4.92 Å². The monoisotopic (exact) mass is 373 g/mol. The van der Waals surface area contributed by atoms with Gasteiger partial charge in [0.1, 0.15) is 0 Å². The molecule has 22 heavy (non-hydrogen) atoms. The van der Waals surface area contributed by atoms with Gasteiger partial charge in [-0.2, -0.15) is 0 Å². The molecule has 2 heterocycles. The van der Waals surface area contributed by atoms with E-state index >= 15 is 0 Å². The lowest BCUT2D eigenvalue weighted by molar-refractivity contribution is -0.384. The van der Waals surface area contributed by atoms with Gasteiger partial charge in [0, 0.05) is 28.4 Å². The van der Waals surface area contributed by atoms with Gasteiger partial charge < -0.3 is 0 Å². The molecule has 0 N–H and O–H groups in total. The van der Waals surface area contributed by atoms with Crippen LogP contribution >= 0.6 is 27.3 Å². The number of imidazole rings is 1. The van der Waals surface area contributed by atoms with Gasteiger partial charge in [-0.1, -0.05) is 27.3 Å². The van der Waals surface area contributed by atoms with E-state index in [0.29, 0.717) is 0 Å². The van der Waals surface area contributed by atoms with Crippen molar-refractivity contribution in [3.63, 3.8) is 0 Å². The number of nitro benzene ring substituents is 1. The summed E-state index contributed by atoms with van der Waals surface area (Å²) in [7, 11) is 0. The molecule has 0 saturated carbocycles. The van der Waals surface area contributed by atoms with E-state index in [2.05, 4.69) is 27.0 Å². The number of hydrogen-bond acceptors (Lipinski definition) is 4. The molecule has 0 saturated heterocycles. The Labute approximate surface area is 137 Å². The first kappa shape index (κ1) is 13.4. The maximum absolute atomic E-state index is 10.7. The summed E-state index contributed by atoms with van der Waals surface area (Å²) in [6, 6.07) is 12.6. The Hall–Kier alpha value is -2.25. The molecule has 0 fully saturated rings. The summed E-state index contributed by atoms with van der Waals surface area (Å²) in [5.74, 6) is 0. The fourth-order valence-electron chi connectivity index (χ4n) is 2.37. The quantitative estimate of drug-likeness (QED) is 0.371. The number of nitrogens with zero attached hydrogens (tertiary/aromatic N) is 3. The van der Waals surface area contributed by atoms with Crippen LogP contribution < -0.4 is 0 Å². The lowest BCUT2D eigenvalue weighted by Gasteiger charge is -1.96. The highest BCUT2D eigenvalue weighted by Crippen LogP contribution is 2.31. The fourth-order valence-corrected chi connectivity index (χ4v) is 3.93. The van der Waals surface area contributed by atoms with E-state index in [-0.39, 0.29) is 5.69 Å². The van der Waals surface area contributed by atoms with Crippen LogP contribution in [0.15, 0.2) is 53.1 Å². The number of thiazole rings is 1. The molecule has 4 aromatic rings. The molecule has 2 aromatic heterocycles. The Balaban J connectivity index is 1.84. The molecule has 0 aliphatic rings. The minimum absolute atomic E-state index is 0.0834. The molecular formula is C15H8BrN3O2S. The van der Waals surface area contributed by atoms with Crippen LogP contribution in [0, 0.1) is 10.1 Å². The van der Waals surface area contributed by atoms with Gasteiger partial charge in [0.05, 0.1) is 20.8 Å². The van der Waals surface area contributed by atoms with Crippen LogP contribution in [-0.4, -0.2) is 14.3 Å². The van der Waals surface area contributed by atoms with Crippen molar-refractivity contribution in [3.05, 3.63) is 63.2 Å². The summed E-state index contributed by atoms with van der Waals surface area (Å²) in [4.78, 5) is 15.8. The Morgan fingerprint density at radius 1 is 1.18 bits per heavy atom. The van der Waals surface area contributed by atoms with Gasteiger partial charge in [-0.3, -0.25) is 14.5 Å². The van der Waals surface area contributed by atoms with Crippen LogP contribution in [0.5, 0.6) is 0 Å². The van der Waals surface area contributed by atoms with E-state index in [1.807, 2.05) is 22.7 Å². The van der Waals surface area contributed by atoms with E-state index in [4.69, 9.17) is 0 Å². The molecule has 0 amide bonds. The first-order chi connectivity index (χ1) is 10.6. The molecule has 0 spiro atoms. The zero-order valence-electron chi connectivity index (χ0n) is 11.1. The number of aromatic nitrogens is 2. The number of benzene rings is 2. The van der Waals surface area contributed by atoms with E-state index in [0.717, 1.165) is 30.9 Å². The van der Waals surface area contributed by atoms with Crippen LogP contribution in [0.4, 0.5) is 5.69 Å². The van der Waals surface area contributed by atoms with Crippen molar-refractivity contribution in [2.75, 3.05) is 0 Å². The lowest BCUT2D eigenvalue weighted by atomic mass is 10.1. The second-order valence-corrected chi connectivity index (χ2v) is 6.72. The lowest BCUT2D eigenvalue weighted by Crippen LogP contribution is -1.87. The van der Waals surface area contributed by atoms with Gasteiger partial charge in [0.25, 0.3) is 5.69 Å². The first-order valence-electron chi connectivity index (χ1n) is 6.44. The Morgan fingerprint density at radius 2 is 1.95 bits per heavy atom. The molecule has 7 heteroatoms. The molecule has 0 atom stereocenters. The number of non-ortho nitro benzene ring substituents is 1. The minimum Gasteiger partial charge on any atom is -0.290 e. The van der Waals surface area contributed by atoms with Crippen molar-refractivity contribution in [3.8, 4) is 11.3 Å². The molecule has 0 aliphatic heterocycles. The summed E-state index contributed by atoms with van der Waals surface area (Å²) in [5.41, 5.74) is 2.86. The smallest absolute Gasteiger partial charge is 0.269 e. The van der Waals surface area contributed by atoms with Crippen molar-refractivity contribution in [1.82, 2.24) is 9.38 Å². The zero-order valence-corrected chi connectivity index (χ0v) is 13.5. The maximum atomic E-state index is 10.7. The number of hydrogen-bond donors (Lipinski definition) is 0. The predicted molar refractivity (Wildman–Crippen MR) is 90.4 cm³/mol. The number of nitro groups is 1. The molecule has 5 nitrogen and oxygen atoms in total. The third kappa shape index (κ3) is 2.10. The molecule has 4 rings (SSSR count). The summed E-state index contributed by atoms with van der Waals surface area (Å²) in [6.07, 6.45) is 1.96. The zero-order chi connectivity index (χ0) is 15.3. The van der Waals surface area contributed by atoms with Gasteiger partial charge in [-0.05, 0) is 30.3 Å². The second kappa shape index (κ2) is 4.89. The number of fused-ring (bicyclic) bond motifs is 3. The highest BCUT2D eigenvalue weighted by Gasteiger charge is 2.11. The fraction of sp³-hybridized carbons (Fsp3) is 0. The predicted octanol–water partition coefficient (Wildman–Crippen LogP) is 4.89. The topological polar surface area (TPSA) is 60.4 Å². The van der Waals surface area contributed by atoms with Crippen LogP contribution in [0.3, 0.4) is 0 Å². The van der Waals surface area contributed by atoms with Crippen molar-refractivity contribution in [2.45, 2.75) is 0 Å². The molecule has 0 radical (unpaired) electrons. The van der Waals surface area contributed by atoms with E-state index in [9.17, 15) is 10.1 Å². The Kier molecular flexibility index (Phi) is 2.98. The third-order valence-electron chi connectivity index (χ3n) is 3.43. The van der Waals surface area contributed by atoms with Crippen molar-refractivity contribution in [1.29, 1.82) is 0 Å². The van der Waals surface area contributed by atoms with Crippen LogP contribution in [0.25, 0.3) is 26.4 Å². The van der Waals surface area contributed by atoms with E-state index in [1.165, 1.54) is 12.1 Å². The highest BCUT2D eigenvalue weighted by molar-refractivity contribution is 9.10. The highest BCUT2D eigenvalue weighted by atomic mass is 79.9. The van der Waals surface area contributed by atoms with Gasteiger partial charge in [-0.15, -0.1) is 0 Å². The van der Waals surface area contributed by atoms with Crippen LogP contribution in [0.1, 0.15) is 0 Å². The maximum Gasteiger partial charge on any atom is 0.269 e. The normalized spacial score (nSPS) is 11.3. The largest absolute Gasteiger partial charge is 0.290 e. The summed E-state index contributed by atoms with van der Waals surface area (Å²) < 4.78 is 4.25. The van der Waals surface area contributed by atoms with Crippen molar-refractivity contribution in [2.24, 2.45) is 0 Å². The van der Waals surface area contributed by atoms with Gasteiger partial charge in [0.2, 0.25) is 0 Å². The number of halogens is 1. The summed E-state index contributed by atoms with van der Waals surface area (Å²) in [5, 5.41) is 10.7. The Morgan fingerprint density at radius 3 is 2.68 bits per heavy atom.